The van der Waals surface area contributed by atoms with Gasteiger partial charge in [0.15, 0.2) is 0 Å². The second-order valence-electron chi connectivity index (χ2n) is 6.37. The number of allylic oxidation sites excluding steroid dienone is 1. The summed E-state index contributed by atoms with van der Waals surface area (Å²) in [7, 11) is 0. The van der Waals surface area contributed by atoms with Gasteiger partial charge in [0, 0.05) is 11.0 Å². The Kier molecular flexibility index (Phi) is 5.65. The third kappa shape index (κ3) is 3.75. The number of rotatable bonds is 7. The maximum atomic E-state index is 6.28. The van der Waals surface area contributed by atoms with Crippen LogP contribution in [0, 0.1) is 0 Å². The van der Waals surface area contributed by atoms with E-state index in [4.69, 9.17) is 10.7 Å². The van der Waals surface area contributed by atoms with Crippen molar-refractivity contribution in [3.05, 3.63) is 120 Å². The molecule has 2 N–H and O–H groups in total. The largest absolute Gasteiger partial charge is 0.384 e. The molecular weight excluding hydrogens is 316 g/mol. The van der Waals surface area contributed by atoms with Crippen LogP contribution < -0.4 is 5.73 Å². The molecule has 0 radical (unpaired) electrons. The van der Waals surface area contributed by atoms with E-state index in [9.17, 15) is 0 Å². The lowest BCUT2D eigenvalue weighted by Gasteiger charge is -2.33. The highest BCUT2D eigenvalue weighted by Gasteiger charge is 2.33. The van der Waals surface area contributed by atoms with Crippen molar-refractivity contribution in [3.63, 3.8) is 0 Å². The zero-order valence-electron chi connectivity index (χ0n) is 14.9. The lowest BCUT2D eigenvalue weighted by molar-refractivity contribution is 0.535. The molecule has 3 aromatic carbocycles. The Morgan fingerprint density at radius 3 is 1.73 bits per heavy atom. The van der Waals surface area contributed by atoms with Gasteiger partial charge in [0.25, 0.3) is 0 Å². The Bertz CT molecular complexity index is 813. The van der Waals surface area contributed by atoms with Crippen molar-refractivity contribution in [3.8, 4) is 0 Å². The number of aliphatic imine (C=N–C) groups is 1. The van der Waals surface area contributed by atoms with Crippen LogP contribution in [0.15, 0.2) is 109 Å². The maximum absolute atomic E-state index is 6.28. The van der Waals surface area contributed by atoms with Crippen LogP contribution in [-0.4, -0.2) is 12.4 Å². The number of benzene rings is 3. The van der Waals surface area contributed by atoms with Gasteiger partial charge in [-0.15, -0.1) is 6.58 Å². The molecule has 2 nitrogen and oxygen atoms in total. The Labute approximate surface area is 155 Å². The van der Waals surface area contributed by atoms with Gasteiger partial charge in [-0.1, -0.05) is 97.1 Å². The van der Waals surface area contributed by atoms with Crippen LogP contribution in [0.4, 0.5) is 0 Å². The third-order valence-electron chi connectivity index (χ3n) is 4.73. The van der Waals surface area contributed by atoms with Crippen molar-refractivity contribution in [1.82, 2.24) is 0 Å². The molecule has 0 saturated heterocycles. The molecular formula is C24H24N2. The van der Waals surface area contributed by atoms with Crippen LogP contribution in [0.25, 0.3) is 0 Å². The average Bonchev–Trinajstić information content (AvgIpc) is 2.73. The highest BCUT2D eigenvalue weighted by Crippen LogP contribution is 2.36. The Balaban J connectivity index is 2.07. The molecule has 0 saturated carbocycles. The normalized spacial score (nSPS) is 11.9. The van der Waals surface area contributed by atoms with E-state index in [0.717, 1.165) is 12.0 Å². The monoisotopic (exact) mass is 340 g/mol. The highest BCUT2D eigenvalue weighted by molar-refractivity contribution is 5.97. The van der Waals surface area contributed by atoms with Gasteiger partial charge in [0.1, 0.15) is 5.84 Å². The molecule has 0 aromatic heterocycles. The molecule has 3 rings (SSSR count). The van der Waals surface area contributed by atoms with E-state index in [0.29, 0.717) is 12.4 Å². The molecule has 0 heterocycles. The molecule has 3 aromatic rings. The molecule has 0 fully saturated rings. The predicted octanol–water partition coefficient (Wildman–Crippen LogP) is 4.95. The molecule has 0 spiro atoms. The first kappa shape index (κ1) is 17.7. The minimum Gasteiger partial charge on any atom is -0.384 e. The van der Waals surface area contributed by atoms with Gasteiger partial charge in [-0.05, 0) is 17.5 Å². The first-order valence-corrected chi connectivity index (χ1v) is 8.83. The third-order valence-corrected chi connectivity index (χ3v) is 4.73. The number of hydrogen-bond acceptors (Lipinski definition) is 1. The van der Waals surface area contributed by atoms with E-state index in [2.05, 4.69) is 55.1 Å². The predicted molar refractivity (Wildman–Crippen MR) is 111 cm³/mol. The van der Waals surface area contributed by atoms with Crippen molar-refractivity contribution in [1.29, 1.82) is 0 Å². The molecule has 0 unspecified atom stereocenters. The first-order chi connectivity index (χ1) is 12.8. The number of nitrogens with two attached hydrogens (primary N) is 1. The van der Waals surface area contributed by atoms with E-state index in [-0.39, 0.29) is 5.41 Å². The van der Waals surface area contributed by atoms with Crippen molar-refractivity contribution < 1.29 is 0 Å². The molecule has 130 valence electrons. The second-order valence-corrected chi connectivity index (χ2v) is 6.37. The molecule has 26 heavy (non-hydrogen) atoms. The summed E-state index contributed by atoms with van der Waals surface area (Å²) in [5, 5.41) is 0. The summed E-state index contributed by atoms with van der Waals surface area (Å²) < 4.78 is 0. The van der Waals surface area contributed by atoms with E-state index in [1.54, 1.807) is 0 Å². The van der Waals surface area contributed by atoms with Crippen molar-refractivity contribution in [2.45, 2.75) is 11.8 Å². The van der Waals surface area contributed by atoms with E-state index in [1.165, 1.54) is 11.1 Å². The van der Waals surface area contributed by atoms with Gasteiger partial charge in [0.2, 0.25) is 0 Å². The van der Waals surface area contributed by atoms with Gasteiger partial charge >= 0.3 is 0 Å². The molecule has 0 amide bonds. The Morgan fingerprint density at radius 1 is 0.808 bits per heavy atom. The second kappa shape index (κ2) is 8.30. The molecule has 0 bridgehead atoms. The maximum Gasteiger partial charge on any atom is 0.125 e. The van der Waals surface area contributed by atoms with E-state index >= 15 is 0 Å². The van der Waals surface area contributed by atoms with Crippen LogP contribution in [0.5, 0.6) is 0 Å². The fourth-order valence-corrected chi connectivity index (χ4v) is 3.33. The van der Waals surface area contributed by atoms with Gasteiger partial charge in [-0.3, -0.25) is 4.99 Å². The van der Waals surface area contributed by atoms with E-state index in [1.807, 2.05) is 48.5 Å². The van der Waals surface area contributed by atoms with Crippen LogP contribution in [-0.2, 0) is 5.41 Å². The van der Waals surface area contributed by atoms with Gasteiger partial charge in [-0.25, -0.2) is 0 Å². The molecule has 0 aliphatic carbocycles. The van der Waals surface area contributed by atoms with E-state index < -0.39 is 0 Å². The SMILES string of the molecule is C=CCC(CN=C(N)c1ccccc1)(c1ccccc1)c1ccccc1. The summed E-state index contributed by atoms with van der Waals surface area (Å²) in [6.07, 6.45) is 2.75. The standard InChI is InChI=1S/C24H24N2/c1-2-18-24(21-14-8-4-9-15-21,22-16-10-5-11-17-22)19-26-23(25)20-12-6-3-7-13-20/h2-17H,1,18-19H2,(H2,25,26). The minimum atomic E-state index is -0.288. The molecule has 0 aliphatic rings. The van der Waals surface area contributed by atoms with Crippen molar-refractivity contribution >= 4 is 5.84 Å². The summed E-state index contributed by atoms with van der Waals surface area (Å²) in [5.41, 5.74) is 9.37. The summed E-state index contributed by atoms with van der Waals surface area (Å²) in [5.74, 6) is 0.561. The van der Waals surface area contributed by atoms with Crippen molar-refractivity contribution in [2.75, 3.05) is 6.54 Å². The van der Waals surface area contributed by atoms with Crippen molar-refractivity contribution in [2.24, 2.45) is 10.7 Å². The first-order valence-electron chi connectivity index (χ1n) is 8.83. The summed E-state index contributed by atoms with van der Waals surface area (Å²) in [6.45, 7) is 4.57. The van der Waals surface area contributed by atoms with Gasteiger partial charge in [0.05, 0.1) is 6.54 Å². The van der Waals surface area contributed by atoms with Gasteiger partial charge < -0.3 is 5.73 Å². The average molecular weight is 340 g/mol. The Morgan fingerprint density at radius 2 is 1.27 bits per heavy atom. The smallest absolute Gasteiger partial charge is 0.125 e. The zero-order valence-corrected chi connectivity index (χ0v) is 14.9. The van der Waals surface area contributed by atoms with Gasteiger partial charge in [-0.2, -0.15) is 0 Å². The van der Waals surface area contributed by atoms with Crippen LogP contribution in [0.3, 0.4) is 0 Å². The topological polar surface area (TPSA) is 38.4 Å². The van der Waals surface area contributed by atoms with Crippen LogP contribution in [0.1, 0.15) is 23.1 Å². The fraction of sp³-hybridized carbons (Fsp3) is 0.125. The fourth-order valence-electron chi connectivity index (χ4n) is 3.33. The van der Waals surface area contributed by atoms with Crippen LogP contribution in [0.2, 0.25) is 0 Å². The summed E-state index contributed by atoms with van der Waals surface area (Å²) >= 11 is 0. The number of nitrogens with zero attached hydrogens (tertiary/aromatic N) is 1. The minimum absolute atomic E-state index is 0.288. The highest BCUT2D eigenvalue weighted by atomic mass is 14.9. The lowest BCUT2D eigenvalue weighted by atomic mass is 9.72. The Hall–Kier alpha value is -3.13. The lowest BCUT2D eigenvalue weighted by Crippen LogP contribution is -2.32. The number of hydrogen-bond donors (Lipinski definition) is 1. The summed E-state index contributed by atoms with van der Waals surface area (Å²) in [4.78, 5) is 4.78. The number of amidine groups is 1. The molecule has 0 atom stereocenters. The quantitative estimate of drug-likeness (QED) is 0.369. The van der Waals surface area contributed by atoms with Crippen LogP contribution >= 0.6 is 0 Å². The molecule has 0 aliphatic heterocycles. The molecule has 2 heteroatoms. The summed E-state index contributed by atoms with van der Waals surface area (Å²) in [6, 6.07) is 30.9. The zero-order chi connectivity index (χ0) is 18.2.